The van der Waals surface area contributed by atoms with E-state index in [4.69, 9.17) is 4.74 Å². The van der Waals surface area contributed by atoms with Crippen LogP contribution >= 0.6 is 0 Å². The summed E-state index contributed by atoms with van der Waals surface area (Å²) in [6.45, 7) is 6.17. The van der Waals surface area contributed by atoms with E-state index in [-0.39, 0.29) is 23.6 Å². The first-order valence-electron chi connectivity index (χ1n) is 6.95. The van der Waals surface area contributed by atoms with Crippen LogP contribution in [0.25, 0.3) is 0 Å². The van der Waals surface area contributed by atoms with E-state index in [9.17, 15) is 9.59 Å². The van der Waals surface area contributed by atoms with E-state index in [1.54, 1.807) is 13.1 Å². The fraction of sp³-hybridized carbons (Fsp3) is 0.714. The van der Waals surface area contributed by atoms with Crippen LogP contribution in [0, 0.1) is 24.7 Å². The first-order valence-corrected chi connectivity index (χ1v) is 6.95. The standard InChI is InChI=1S/C14H20N2O3/c1-7-4-8(2)12-10(7)5-11(19-12)16-6-9(3)13(17)15-14(16)18/h6-8,10-12H,4-5H2,1-3H3,(H,15,17,18)/t7-,8-,10+,11?,12-/m1/s1. The second kappa shape index (κ2) is 4.34. The molecule has 5 heteroatoms. The van der Waals surface area contributed by atoms with Crippen molar-refractivity contribution < 1.29 is 4.74 Å². The van der Waals surface area contributed by atoms with Crippen LogP contribution in [-0.4, -0.2) is 15.7 Å². The molecule has 1 aromatic rings. The van der Waals surface area contributed by atoms with Crippen molar-refractivity contribution in [1.82, 2.24) is 9.55 Å². The Hall–Kier alpha value is -1.36. The average Bonchev–Trinajstić information content (AvgIpc) is 2.87. The van der Waals surface area contributed by atoms with Crippen molar-refractivity contribution in [2.45, 2.75) is 45.9 Å². The van der Waals surface area contributed by atoms with E-state index >= 15 is 0 Å². The third kappa shape index (κ3) is 1.96. The fourth-order valence-corrected chi connectivity index (χ4v) is 3.69. The molecule has 1 N–H and O–H groups in total. The summed E-state index contributed by atoms with van der Waals surface area (Å²) in [6.07, 6.45) is 3.69. The van der Waals surface area contributed by atoms with Crippen molar-refractivity contribution >= 4 is 0 Å². The minimum Gasteiger partial charge on any atom is -0.354 e. The zero-order chi connectivity index (χ0) is 13.7. The maximum atomic E-state index is 11.9. The Morgan fingerprint density at radius 2 is 2.00 bits per heavy atom. The van der Waals surface area contributed by atoms with E-state index in [1.807, 2.05) is 0 Å². The molecule has 2 heterocycles. The monoisotopic (exact) mass is 264 g/mol. The van der Waals surface area contributed by atoms with Gasteiger partial charge in [0.05, 0.1) is 6.10 Å². The molecule has 0 spiro atoms. The predicted molar refractivity (Wildman–Crippen MR) is 71.0 cm³/mol. The zero-order valence-electron chi connectivity index (χ0n) is 11.6. The van der Waals surface area contributed by atoms with Crippen LogP contribution in [0.2, 0.25) is 0 Å². The number of rotatable bonds is 1. The van der Waals surface area contributed by atoms with Gasteiger partial charge in [-0.25, -0.2) is 4.79 Å². The number of hydrogen-bond donors (Lipinski definition) is 1. The topological polar surface area (TPSA) is 64.1 Å². The number of H-pyrrole nitrogens is 1. The lowest BCUT2D eigenvalue weighted by molar-refractivity contribution is -0.0219. The quantitative estimate of drug-likeness (QED) is 0.834. The molecule has 2 aliphatic rings. The molecule has 104 valence electrons. The molecule has 2 fully saturated rings. The van der Waals surface area contributed by atoms with Gasteiger partial charge in [-0.3, -0.25) is 14.3 Å². The van der Waals surface area contributed by atoms with Crippen molar-refractivity contribution in [1.29, 1.82) is 0 Å². The highest BCUT2D eigenvalue weighted by atomic mass is 16.5. The van der Waals surface area contributed by atoms with Gasteiger partial charge in [0, 0.05) is 11.8 Å². The summed E-state index contributed by atoms with van der Waals surface area (Å²) in [7, 11) is 0. The Bertz CT molecular complexity index is 587. The highest BCUT2D eigenvalue weighted by molar-refractivity contribution is 5.03. The number of nitrogens with one attached hydrogen (secondary N) is 1. The fourth-order valence-electron chi connectivity index (χ4n) is 3.69. The van der Waals surface area contributed by atoms with Crippen LogP contribution in [0.1, 0.15) is 38.5 Å². The van der Waals surface area contributed by atoms with Gasteiger partial charge < -0.3 is 4.74 Å². The lowest BCUT2D eigenvalue weighted by atomic mass is 9.94. The van der Waals surface area contributed by atoms with Gasteiger partial charge in [0.2, 0.25) is 0 Å². The third-order valence-corrected chi connectivity index (χ3v) is 4.70. The smallest absolute Gasteiger partial charge is 0.330 e. The van der Waals surface area contributed by atoms with Crippen LogP contribution in [0.4, 0.5) is 0 Å². The van der Waals surface area contributed by atoms with Gasteiger partial charge in [-0.15, -0.1) is 0 Å². The maximum Gasteiger partial charge on any atom is 0.330 e. The normalized spacial score (nSPS) is 37.5. The van der Waals surface area contributed by atoms with E-state index in [2.05, 4.69) is 18.8 Å². The van der Waals surface area contributed by atoms with E-state index < -0.39 is 0 Å². The van der Waals surface area contributed by atoms with Crippen LogP contribution < -0.4 is 11.2 Å². The van der Waals surface area contributed by atoms with Crippen LogP contribution in [0.15, 0.2) is 15.8 Å². The minimum absolute atomic E-state index is 0.233. The second-order valence-electron chi connectivity index (χ2n) is 6.12. The van der Waals surface area contributed by atoms with Gasteiger partial charge >= 0.3 is 5.69 Å². The molecular weight excluding hydrogens is 244 g/mol. The molecule has 19 heavy (non-hydrogen) atoms. The first kappa shape index (κ1) is 12.7. The maximum absolute atomic E-state index is 11.9. The molecule has 1 unspecified atom stereocenters. The van der Waals surface area contributed by atoms with Crippen LogP contribution in [0.5, 0.6) is 0 Å². The molecule has 1 aliphatic heterocycles. The Morgan fingerprint density at radius 1 is 1.26 bits per heavy atom. The molecule has 1 saturated heterocycles. The number of aryl methyl sites for hydroxylation is 1. The number of aromatic nitrogens is 2. The zero-order valence-corrected chi connectivity index (χ0v) is 11.6. The van der Waals surface area contributed by atoms with Gasteiger partial charge in [0.15, 0.2) is 0 Å². The minimum atomic E-state index is -0.374. The highest BCUT2D eigenvalue weighted by Crippen LogP contribution is 2.48. The summed E-state index contributed by atoms with van der Waals surface area (Å²) in [5, 5.41) is 0. The summed E-state index contributed by atoms with van der Waals surface area (Å²) >= 11 is 0. The molecule has 1 aromatic heterocycles. The molecular formula is C14H20N2O3. The highest BCUT2D eigenvalue weighted by Gasteiger charge is 2.47. The number of nitrogens with zero attached hydrogens (tertiary/aromatic N) is 1. The summed E-state index contributed by atoms with van der Waals surface area (Å²) < 4.78 is 7.61. The Labute approximate surface area is 111 Å². The molecule has 3 rings (SSSR count). The second-order valence-corrected chi connectivity index (χ2v) is 6.12. The van der Waals surface area contributed by atoms with E-state index in [0.717, 1.165) is 6.42 Å². The van der Waals surface area contributed by atoms with Crippen molar-refractivity contribution in [3.63, 3.8) is 0 Å². The largest absolute Gasteiger partial charge is 0.354 e. The van der Waals surface area contributed by atoms with Crippen LogP contribution in [-0.2, 0) is 4.74 Å². The molecule has 1 saturated carbocycles. The third-order valence-electron chi connectivity index (χ3n) is 4.70. The number of ether oxygens (including phenoxy) is 1. The van der Waals surface area contributed by atoms with E-state index in [1.165, 1.54) is 11.0 Å². The van der Waals surface area contributed by atoms with Gasteiger partial charge in [-0.2, -0.15) is 0 Å². The van der Waals surface area contributed by atoms with E-state index in [0.29, 0.717) is 23.3 Å². The molecule has 0 bridgehead atoms. The summed E-state index contributed by atoms with van der Waals surface area (Å²) in [5.74, 6) is 1.72. The molecule has 1 aliphatic carbocycles. The molecule has 5 atom stereocenters. The predicted octanol–water partition coefficient (Wildman–Crippen LogP) is 1.42. The van der Waals surface area contributed by atoms with Crippen molar-refractivity contribution in [3.8, 4) is 0 Å². The lowest BCUT2D eigenvalue weighted by Crippen LogP contribution is -2.33. The molecule has 0 radical (unpaired) electrons. The van der Waals surface area contributed by atoms with Crippen molar-refractivity contribution in [3.05, 3.63) is 32.6 Å². The van der Waals surface area contributed by atoms with Gasteiger partial charge in [0.1, 0.15) is 6.23 Å². The van der Waals surface area contributed by atoms with Gasteiger partial charge in [0.25, 0.3) is 5.56 Å². The summed E-state index contributed by atoms with van der Waals surface area (Å²) in [5.41, 5.74) is -0.150. The first-order chi connectivity index (χ1) is 8.97. The van der Waals surface area contributed by atoms with Crippen molar-refractivity contribution in [2.75, 3.05) is 0 Å². The van der Waals surface area contributed by atoms with Gasteiger partial charge in [-0.1, -0.05) is 13.8 Å². The van der Waals surface area contributed by atoms with Crippen molar-refractivity contribution in [2.24, 2.45) is 17.8 Å². The number of hydrogen-bond acceptors (Lipinski definition) is 3. The summed E-state index contributed by atoms with van der Waals surface area (Å²) in [6, 6.07) is 0. The average molecular weight is 264 g/mol. The SMILES string of the molecule is Cc1cn(C2C[C@@H]3[C@H](O2)[C@H](C)C[C@H]3C)c(=O)[nH]c1=O. The number of fused-ring (bicyclic) bond motifs is 1. The lowest BCUT2D eigenvalue weighted by Gasteiger charge is -2.18. The molecule has 0 amide bonds. The van der Waals surface area contributed by atoms with Gasteiger partial charge in [-0.05, 0) is 37.5 Å². The summed E-state index contributed by atoms with van der Waals surface area (Å²) in [4.78, 5) is 25.6. The Balaban J connectivity index is 1.92. The number of aromatic amines is 1. The van der Waals surface area contributed by atoms with Crippen LogP contribution in [0.3, 0.4) is 0 Å². The molecule has 0 aromatic carbocycles. The molecule has 5 nitrogen and oxygen atoms in total. The Kier molecular flexibility index (Phi) is 2.89. The Morgan fingerprint density at radius 3 is 2.68 bits per heavy atom.